The molecule has 0 atom stereocenters. The van der Waals surface area contributed by atoms with Gasteiger partial charge in [0.1, 0.15) is 12.4 Å². The van der Waals surface area contributed by atoms with Crippen LogP contribution in [0.4, 0.5) is 10.1 Å². The van der Waals surface area contributed by atoms with E-state index in [1.807, 2.05) is 0 Å². The van der Waals surface area contributed by atoms with Crippen LogP contribution in [-0.2, 0) is 11.3 Å². The summed E-state index contributed by atoms with van der Waals surface area (Å²) in [5, 5.41) is 9.86. The molecule has 88 valence electrons. The fourth-order valence-corrected chi connectivity index (χ4v) is 1.35. The van der Waals surface area contributed by atoms with Gasteiger partial charge < -0.3 is 5.32 Å². The number of nitrogens with zero attached hydrogens (tertiary/aromatic N) is 3. The summed E-state index contributed by atoms with van der Waals surface area (Å²) < 4.78 is 14.7. The highest BCUT2D eigenvalue weighted by Gasteiger charge is 2.08. The van der Waals surface area contributed by atoms with E-state index in [0.717, 1.165) is 5.69 Å². The van der Waals surface area contributed by atoms with Gasteiger partial charge in [0.15, 0.2) is 0 Å². The van der Waals surface area contributed by atoms with Gasteiger partial charge in [0.25, 0.3) is 0 Å². The van der Waals surface area contributed by atoms with E-state index in [1.165, 1.54) is 16.8 Å². The molecule has 6 heteroatoms. The van der Waals surface area contributed by atoms with Gasteiger partial charge in [0.2, 0.25) is 5.91 Å². The van der Waals surface area contributed by atoms with Crippen molar-refractivity contribution in [2.24, 2.45) is 0 Å². The second kappa shape index (κ2) is 4.73. The number of benzene rings is 1. The molecule has 0 aliphatic carbocycles. The maximum absolute atomic E-state index is 13.3. The molecule has 0 aliphatic rings. The van der Waals surface area contributed by atoms with Gasteiger partial charge in [-0.25, -0.2) is 9.07 Å². The Kier molecular flexibility index (Phi) is 3.13. The number of anilines is 1. The van der Waals surface area contributed by atoms with E-state index in [4.69, 9.17) is 0 Å². The predicted molar refractivity (Wildman–Crippen MR) is 59.8 cm³/mol. The zero-order valence-corrected chi connectivity index (χ0v) is 9.22. The molecule has 1 aromatic carbocycles. The zero-order valence-electron chi connectivity index (χ0n) is 9.22. The number of para-hydroxylation sites is 1. The molecule has 0 unspecified atom stereocenters. The Labute approximate surface area is 97.3 Å². The monoisotopic (exact) mass is 234 g/mol. The van der Waals surface area contributed by atoms with Crippen molar-refractivity contribution >= 4 is 11.6 Å². The lowest BCUT2D eigenvalue weighted by molar-refractivity contribution is -0.117. The molecule has 2 rings (SSSR count). The molecular formula is C11H11FN4O. The normalized spacial score (nSPS) is 10.2. The number of carbonyl (C=O) groups excluding carboxylic acids is 1. The van der Waals surface area contributed by atoms with Crippen molar-refractivity contribution in [3.8, 4) is 0 Å². The SMILES string of the molecule is Cc1cnnn1CC(=O)Nc1ccccc1F. The first-order valence-electron chi connectivity index (χ1n) is 5.06. The maximum Gasteiger partial charge on any atom is 0.246 e. The lowest BCUT2D eigenvalue weighted by Gasteiger charge is -2.06. The Morgan fingerprint density at radius 3 is 2.88 bits per heavy atom. The lowest BCUT2D eigenvalue weighted by Crippen LogP contribution is -2.20. The number of nitrogens with one attached hydrogen (secondary N) is 1. The molecule has 2 aromatic rings. The number of carbonyl (C=O) groups is 1. The van der Waals surface area contributed by atoms with Crippen LogP contribution in [0.25, 0.3) is 0 Å². The smallest absolute Gasteiger partial charge is 0.246 e. The van der Waals surface area contributed by atoms with Crippen LogP contribution >= 0.6 is 0 Å². The molecule has 0 saturated heterocycles. The van der Waals surface area contributed by atoms with Crippen LogP contribution in [0.5, 0.6) is 0 Å². The largest absolute Gasteiger partial charge is 0.322 e. The topological polar surface area (TPSA) is 59.8 Å². The molecule has 0 saturated carbocycles. The van der Waals surface area contributed by atoms with Crippen molar-refractivity contribution in [2.75, 3.05) is 5.32 Å². The highest BCUT2D eigenvalue weighted by molar-refractivity contribution is 5.90. The third kappa shape index (κ3) is 2.66. The van der Waals surface area contributed by atoms with Gasteiger partial charge in [0, 0.05) is 0 Å². The first-order valence-corrected chi connectivity index (χ1v) is 5.06. The van der Waals surface area contributed by atoms with Gasteiger partial charge in [-0.3, -0.25) is 4.79 Å². The quantitative estimate of drug-likeness (QED) is 0.872. The molecule has 1 aromatic heterocycles. The summed E-state index contributed by atoms with van der Waals surface area (Å²) in [6, 6.07) is 6.00. The van der Waals surface area contributed by atoms with Crippen molar-refractivity contribution in [1.29, 1.82) is 0 Å². The third-order valence-corrected chi connectivity index (χ3v) is 2.25. The van der Waals surface area contributed by atoms with E-state index in [9.17, 15) is 9.18 Å². The Morgan fingerprint density at radius 1 is 1.47 bits per heavy atom. The summed E-state index contributed by atoms with van der Waals surface area (Å²) in [6.07, 6.45) is 1.55. The fourth-order valence-electron chi connectivity index (χ4n) is 1.35. The molecule has 0 radical (unpaired) electrons. The fraction of sp³-hybridized carbons (Fsp3) is 0.182. The van der Waals surface area contributed by atoms with Crippen molar-refractivity contribution in [3.05, 3.63) is 42.0 Å². The third-order valence-electron chi connectivity index (χ3n) is 2.25. The average Bonchev–Trinajstić information content (AvgIpc) is 2.68. The van der Waals surface area contributed by atoms with Gasteiger partial charge in [-0.15, -0.1) is 5.10 Å². The minimum Gasteiger partial charge on any atom is -0.322 e. The van der Waals surface area contributed by atoms with Crippen LogP contribution in [0, 0.1) is 12.7 Å². The van der Waals surface area contributed by atoms with Crippen LogP contribution in [0.15, 0.2) is 30.5 Å². The van der Waals surface area contributed by atoms with E-state index < -0.39 is 5.82 Å². The van der Waals surface area contributed by atoms with Crippen molar-refractivity contribution in [3.63, 3.8) is 0 Å². The molecule has 1 amide bonds. The molecule has 0 fully saturated rings. The molecule has 17 heavy (non-hydrogen) atoms. The number of hydrogen-bond acceptors (Lipinski definition) is 3. The minimum atomic E-state index is -0.462. The Morgan fingerprint density at radius 2 is 2.24 bits per heavy atom. The Hall–Kier alpha value is -2.24. The summed E-state index contributed by atoms with van der Waals surface area (Å²) in [5.74, 6) is -0.806. The van der Waals surface area contributed by atoms with Gasteiger partial charge in [-0.2, -0.15) is 0 Å². The number of amides is 1. The summed E-state index contributed by atoms with van der Waals surface area (Å²) in [6.45, 7) is 1.80. The van der Waals surface area contributed by atoms with Crippen LogP contribution in [0.3, 0.4) is 0 Å². The average molecular weight is 234 g/mol. The standard InChI is InChI=1S/C11H11FN4O/c1-8-6-13-15-16(8)7-11(17)14-10-5-3-2-4-9(10)12/h2-6H,7H2,1H3,(H,14,17). The first-order chi connectivity index (χ1) is 8.16. The van der Waals surface area contributed by atoms with Gasteiger partial charge in [-0.05, 0) is 19.1 Å². The Balaban J connectivity index is 2.03. The maximum atomic E-state index is 13.3. The van der Waals surface area contributed by atoms with Crippen LogP contribution < -0.4 is 5.32 Å². The van der Waals surface area contributed by atoms with Crippen molar-refractivity contribution < 1.29 is 9.18 Å². The first kappa shape index (κ1) is 11.3. The highest BCUT2D eigenvalue weighted by Crippen LogP contribution is 2.12. The van der Waals surface area contributed by atoms with Crippen molar-refractivity contribution in [2.45, 2.75) is 13.5 Å². The number of aromatic nitrogens is 3. The highest BCUT2D eigenvalue weighted by atomic mass is 19.1. The number of halogens is 1. The predicted octanol–water partition coefficient (Wildman–Crippen LogP) is 1.36. The number of rotatable bonds is 3. The van der Waals surface area contributed by atoms with Gasteiger partial charge >= 0.3 is 0 Å². The minimum absolute atomic E-state index is 0.0141. The zero-order chi connectivity index (χ0) is 12.3. The molecule has 0 bridgehead atoms. The van der Waals surface area contributed by atoms with Crippen LogP contribution in [-0.4, -0.2) is 20.9 Å². The number of hydrogen-bond donors (Lipinski definition) is 1. The summed E-state index contributed by atoms with van der Waals surface area (Å²) in [4.78, 5) is 11.6. The summed E-state index contributed by atoms with van der Waals surface area (Å²) in [7, 11) is 0. The van der Waals surface area contributed by atoms with E-state index in [2.05, 4.69) is 15.6 Å². The van der Waals surface area contributed by atoms with Crippen molar-refractivity contribution in [1.82, 2.24) is 15.0 Å². The van der Waals surface area contributed by atoms with E-state index in [1.54, 1.807) is 25.3 Å². The van der Waals surface area contributed by atoms with E-state index in [-0.39, 0.29) is 18.1 Å². The second-order valence-corrected chi connectivity index (χ2v) is 3.56. The van der Waals surface area contributed by atoms with Gasteiger partial charge in [0.05, 0.1) is 17.6 Å². The lowest BCUT2D eigenvalue weighted by atomic mass is 10.3. The second-order valence-electron chi connectivity index (χ2n) is 3.56. The molecule has 0 spiro atoms. The molecule has 5 nitrogen and oxygen atoms in total. The van der Waals surface area contributed by atoms with E-state index >= 15 is 0 Å². The van der Waals surface area contributed by atoms with Crippen LogP contribution in [0.2, 0.25) is 0 Å². The summed E-state index contributed by atoms with van der Waals surface area (Å²) >= 11 is 0. The molecular weight excluding hydrogens is 223 g/mol. The summed E-state index contributed by atoms with van der Waals surface area (Å²) in [5.41, 5.74) is 0.934. The van der Waals surface area contributed by atoms with Gasteiger partial charge in [-0.1, -0.05) is 17.3 Å². The molecule has 0 aliphatic heterocycles. The van der Waals surface area contributed by atoms with Crippen LogP contribution in [0.1, 0.15) is 5.69 Å². The molecule has 1 heterocycles. The molecule has 1 N–H and O–H groups in total. The van der Waals surface area contributed by atoms with E-state index in [0.29, 0.717) is 0 Å². The number of aryl methyl sites for hydroxylation is 1. The Bertz CT molecular complexity index is 538.